The Balaban J connectivity index is 2.37. The van der Waals surface area contributed by atoms with Crippen molar-refractivity contribution in [2.75, 3.05) is 46.0 Å². The molecule has 0 atom stereocenters. The Kier molecular flexibility index (Phi) is 9.93. The van der Waals surface area contributed by atoms with Gasteiger partial charge in [-0.25, -0.2) is 4.79 Å². The largest absolute Gasteiger partial charge is 0.493 e. The summed E-state index contributed by atoms with van der Waals surface area (Å²) in [7, 11) is 4.55. The number of anilines is 1. The van der Waals surface area contributed by atoms with E-state index in [1.54, 1.807) is 12.1 Å². The van der Waals surface area contributed by atoms with Crippen molar-refractivity contribution in [3.63, 3.8) is 0 Å². The van der Waals surface area contributed by atoms with E-state index in [1.165, 1.54) is 26.2 Å². The molecule has 2 aromatic carbocycles. The van der Waals surface area contributed by atoms with Crippen molar-refractivity contribution < 1.29 is 33.2 Å². The van der Waals surface area contributed by atoms with Crippen LogP contribution in [-0.2, 0) is 20.8 Å². The van der Waals surface area contributed by atoms with Gasteiger partial charge in [-0.15, -0.1) is 0 Å². The third-order valence-corrected chi connectivity index (χ3v) is 4.42. The number of hydrogen-bond donors (Lipinski definition) is 0. The monoisotopic (exact) mass is 433 g/mol. The fourth-order valence-corrected chi connectivity index (χ4v) is 2.98. The lowest BCUT2D eigenvalue weighted by molar-refractivity contribution is -0.129. The van der Waals surface area contributed by atoms with Crippen LogP contribution in [0.25, 0.3) is 0 Å². The Morgan fingerprint density at radius 1 is 0.903 bits per heavy atom. The van der Waals surface area contributed by atoms with Gasteiger partial charge in [0.15, 0.2) is 17.8 Å². The second-order valence-corrected chi connectivity index (χ2v) is 6.37. The molecule has 0 aromatic heterocycles. The summed E-state index contributed by atoms with van der Waals surface area (Å²) in [4.78, 5) is 14.5. The standard InChI is InChI=1S/C23H31NO7/c1-6-29-21(30-7-2)15-24(23(25)31-16-17-11-9-8-10-12-17)18-13-19(26-3)22(28-5)20(14-18)27-4/h8-14,21H,6-7,15-16H2,1-5H3. The normalized spacial score (nSPS) is 10.6. The highest BCUT2D eigenvalue weighted by atomic mass is 16.7. The topological polar surface area (TPSA) is 75.7 Å². The fraction of sp³-hybridized carbons (Fsp3) is 0.435. The smallest absolute Gasteiger partial charge is 0.414 e. The van der Waals surface area contributed by atoms with Crippen LogP contribution in [0, 0.1) is 0 Å². The Morgan fingerprint density at radius 3 is 1.97 bits per heavy atom. The molecule has 0 spiro atoms. The van der Waals surface area contributed by atoms with Crippen molar-refractivity contribution in [3.05, 3.63) is 48.0 Å². The van der Waals surface area contributed by atoms with Gasteiger partial charge < -0.3 is 28.4 Å². The van der Waals surface area contributed by atoms with Crippen molar-refractivity contribution in [1.82, 2.24) is 0 Å². The van der Waals surface area contributed by atoms with E-state index >= 15 is 0 Å². The number of ether oxygens (including phenoxy) is 6. The number of amides is 1. The van der Waals surface area contributed by atoms with E-state index in [9.17, 15) is 4.79 Å². The van der Waals surface area contributed by atoms with Crippen LogP contribution in [0.3, 0.4) is 0 Å². The molecule has 0 aliphatic rings. The van der Waals surface area contributed by atoms with Crippen LogP contribution < -0.4 is 19.1 Å². The van der Waals surface area contributed by atoms with E-state index in [0.717, 1.165) is 5.56 Å². The van der Waals surface area contributed by atoms with E-state index in [2.05, 4.69) is 0 Å². The van der Waals surface area contributed by atoms with Gasteiger partial charge in [0.05, 0.1) is 33.6 Å². The van der Waals surface area contributed by atoms with Crippen LogP contribution in [0.2, 0.25) is 0 Å². The molecule has 1 amide bonds. The highest BCUT2D eigenvalue weighted by Crippen LogP contribution is 2.41. The molecule has 2 rings (SSSR count). The predicted molar refractivity (Wildman–Crippen MR) is 117 cm³/mol. The molecule has 8 nitrogen and oxygen atoms in total. The van der Waals surface area contributed by atoms with Crippen LogP contribution in [0.4, 0.5) is 10.5 Å². The van der Waals surface area contributed by atoms with E-state index in [1.807, 2.05) is 44.2 Å². The summed E-state index contributed by atoms with van der Waals surface area (Å²) in [6.45, 7) is 4.86. The van der Waals surface area contributed by atoms with Gasteiger partial charge in [0.1, 0.15) is 6.61 Å². The molecule has 0 unspecified atom stereocenters. The maximum absolute atomic E-state index is 13.1. The molecule has 0 fully saturated rings. The van der Waals surface area contributed by atoms with Crippen LogP contribution in [0.1, 0.15) is 19.4 Å². The minimum absolute atomic E-state index is 0.119. The minimum Gasteiger partial charge on any atom is -0.493 e. The average molecular weight is 434 g/mol. The van der Waals surface area contributed by atoms with Crippen LogP contribution >= 0.6 is 0 Å². The first-order valence-corrected chi connectivity index (χ1v) is 10.1. The first-order chi connectivity index (χ1) is 15.1. The predicted octanol–water partition coefficient (Wildman–Crippen LogP) is 4.25. The molecule has 2 aromatic rings. The molecular weight excluding hydrogens is 402 g/mol. The van der Waals surface area contributed by atoms with E-state index in [-0.39, 0.29) is 13.2 Å². The SMILES string of the molecule is CCOC(CN(C(=O)OCc1ccccc1)c1cc(OC)c(OC)c(OC)c1)OCC. The Morgan fingerprint density at radius 2 is 1.48 bits per heavy atom. The molecule has 8 heteroatoms. The second kappa shape index (κ2) is 12.7. The number of methoxy groups -OCH3 is 3. The van der Waals surface area contributed by atoms with E-state index in [0.29, 0.717) is 36.1 Å². The third-order valence-electron chi connectivity index (χ3n) is 4.42. The zero-order chi connectivity index (χ0) is 22.6. The van der Waals surface area contributed by atoms with Crippen LogP contribution in [0.15, 0.2) is 42.5 Å². The van der Waals surface area contributed by atoms with Gasteiger partial charge in [-0.2, -0.15) is 0 Å². The number of carbonyl (C=O) groups excluding carboxylic acids is 1. The Labute approximate surface area is 183 Å². The molecule has 0 heterocycles. The van der Waals surface area contributed by atoms with Gasteiger partial charge in [0, 0.05) is 25.3 Å². The first kappa shape index (κ1) is 24.3. The summed E-state index contributed by atoms with van der Waals surface area (Å²) < 4.78 is 33.1. The molecular formula is C23H31NO7. The summed E-state index contributed by atoms with van der Waals surface area (Å²) in [6.07, 6.45) is -1.18. The zero-order valence-electron chi connectivity index (χ0n) is 18.8. The molecule has 0 N–H and O–H groups in total. The first-order valence-electron chi connectivity index (χ1n) is 10.1. The lowest BCUT2D eigenvalue weighted by Gasteiger charge is -2.28. The highest BCUT2D eigenvalue weighted by Gasteiger charge is 2.26. The molecule has 0 aliphatic carbocycles. The summed E-state index contributed by atoms with van der Waals surface area (Å²) in [5, 5.41) is 0. The molecule has 0 aliphatic heterocycles. The Hall–Kier alpha value is -2.97. The summed E-state index contributed by atoms with van der Waals surface area (Å²) in [6, 6.07) is 12.8. The van der Waals surface area contributed by atoms with Gasteiger partial charge in [-0.3, -0.25) is 4.90 Å². The number of carbonyl (C=O) groups is 1. The summed E-state index contributed by atoms with van der Waals surface area (Å²) >= 11 is 0. The maximum Gasteiger partial charge on any atom is 0.414 e. The van der Waals surface area contributed by atoms with Crippen LogP contribution in [0.5, 0.6) is 17.2 Å². The highest BCUT2D eigenvalue weighted by molar-refractivity contribution is 5.89. The lowest BCUT2D eigenvalue weighted by atomic mass is 10.2. The van der Waals surface area contributed by atoms with Crippen molar-refractivity contribution in [1.29, 1.82) is 0 Å². The van der Waals surface area contributed by atoms with Crippen LogP contribution in [-0.4, -0.2) is 53.5 Å². The number of hydrogen-bond acceptors (Lipinski definition) is 7. The lowest BCUT2D eigenvalue weighted by Crippen LogP contribution is -2.40. The summed E-state index contributed by atoms with van der Waals surface area (Å²) in [5.41, 5.74) is 1.38. The van der Waals surface area contributed by atoms with Crippen molar-refractivity contribution in [2.45, 2.75) is 26.7 Å². The molecule has 0 radical (unpaired) electrons. The van der Waals surface area contributed by atoms with Gasteiger partial charge in [-0.05, 0) is 19.4 Å². The second-order valence-electron chi connectivity index (χ2n) is 6.37. The van der Waals surface area contributed by atoms with Gasteiger partial charge >= 0.3 is 6.09 Å². The Bertz CT molecular complexity index is 782. The van der Waals surface area contributed by atoms with Gasteiger partial charge in [-0.1, -0.05) is 30.3 Å². The average Bonchev–Trinajstić information content (AvgIpc) is 2.80. The van der Waals surface area contributed by atoms with Crippen molar-refractivity contribution in [3.8, 4) is 17.2 Å². The van der Waals surface area contributed by atoms with Gasteiger partial charge in [0.25, 0.3) is 0 Å². The number of benzene rings is 2. The quantitative estimate of drug-likeness (QED) is 0.463. The number of nitrogens with zero attached hydrogens (tertiary/aromatic N) is 1. The van der Waals surface area contributed by atoms with Crippen molar-refractivity contribution >= 4 is 11.8 Å². The molecule has 170 valence electrons. The van der Waals surface area contributed by atoms with E-state index in [4.69, 9.17) is 28.4 Å². The van der Waals surface area contributed by atoms with Gasteiger partial charge in [0.2, 0.25) is 5.75 Å². The summed E-state index contributed by atoms with van der Waals surface area (Å²) in [5.74, 6) is 1.27. The van der Waals surface area contributed by atoms with E-state index < -0.39 is 12.4 Å². The maximum atomic E-state index is 13.1. The minimum atomic E-state index is -0.627. The molecule has 0 bridgehead atoms. The zero-order valence-corrected chi connectivity index (χ0v) is 18.8. The molecule has 31 heavy (non-hydrogen) atoms. The molecule has 0 saturated carbocycles. The third kappa shape index (κ3) is 6.77. The van der Waals surface area contributed by atoms with Crippen molar-refractivity contribution in [2.24, 2.45) is 0 Å². The molecule has 0 saturated heterocycles. The number of rotatable bonds is 12. The fourth-order valence-electron chi connectivity index (χ4n) is 2.98.